The van der Waals surface area contributed by atoms with E-state index in [1.165, 1.54) is 6.33 Å². The molecule has 1 aliphatic carbocycles. The second kappa shape index (κ2) is 5.01. The minimum absolute atomic E-state index is 0.0889. The van der Waals surface area contributed by atoms with Crippen molar-refractivity contribution in [2.45, 2.75) is 38.6 Å². The first-order valence-corrected chi connectivity index (χ1v) is 7.67. The van der Waals surface area contributed by atoms with Crippen LogP contribution in [0.1, 0.15) is 32.6 Å². The molecule has 0 spiro atoms. The van der Waals surface area contributed by atoms with Crippen molar-refractivity contribution in [3.05, 3.63) is 17.8 Å². The average Bonchev–Trinajstić information content (AvgIpc) is 2.90. The van der Waals surface area contributed by atoms with E-state index in [9.17, 15) is 9.90 Å². The van der Waals surface area contributed by atoms with Crippen LogP contribution in [0.4, 0.5) is 5.82 Å². The van der Waals surface area contributed by atoms with Crippen molar-refractivity contribution in [2.24, 2.45) is 5.41 Å². The zero-order valence-corrected chi connectivity index (χ0v) is 12.1. The molecule has 2 atom stereocenters. The number of hydrogen-bond acceptors (Lipinski definition) is 5. The standard InChI is InChI=1S/C14H17N3O2S/c1-14(13(18)19)6-3-2-4-10(14)17-12-11-9(5-7-20-11)15-8-16-12/h5,7-8,10H,2-4,6H2,1H3,(H,18,19)(H,15,16,17). The first kappa shape index (κ1) is 13.3. The summed E-state index contributed by atoms with van der Waals surface area (Å²) in [4.78, 5) is 20.1. The molecule has 0 aliphatic heterocycles. The number of nitrogens with zero attached hydrogens (tertiary/aromatic N) is 2. The summed E-state index contributed by atoms with van der Waals surface area (Å²) < 4.78 is 0.991. The maximum absolute atomic E-state index is 11.6. The summed E-state index contributed by atoms with van der Waals surface area (Å²) in [6, 6.07) is 1.86. The van der Waals surface area contributed by atoms with Gasteiger partial charge >= 0.3 is 5.97 Å². The minimum Gasteiger partial charge on any atom is -0.481 e. The number of hydrogen-bond donors (Lipinski definition) is 2. The molecule has 0 aromatic carbocycles. The van der Waals surface area contributed by atoms with Crippen LogP contribution in [0.25, 0.3) is 10.2 Å². The SMILES string of the molecule is CC1(C(=O)O)CCCCC1Nc1ncnc2ccsc12. The van der Waals surface area contributed by atoms with Gasteiger partial charge in [-0.2, -0.15) is 0 Å². The molecule has 0 saturated heterocycles. The molecular weight excluding hydrogens is 274 g/mol. The van der Waals surface area contributed by atoms with Crippen molar-refractivity contribution in [1.29, 1.82) is 0 Å². The van der Waals surface area contributed by atoms with Gasteiger partial charge in [-0.05, 0) is 31.2 Å². The fourth-order valence-electron chi connectivity index (χ4n) is 2.88. The minimum atomic E-state index is -0.730. The number of carboxylic acid groups (broad SMARTS) is 1. The van der Waals surface area contributed by atoms with Crippen LogP contribution in [-0.2, 0) is 4.79 Å². The molecule has 106 valence electrons. The largest absolute Gasteiger partial charge is 0.481 e. The van der Waals surface area contributed by atoms with E-state index < -0.39 is 11.4 Å². The van der Waals surface area contributed by atoms with Crippen molar-refractivity contribution in [3.63, 3.8) is 0 Å². The summed E-state index contributed by atoms with van der Waals surface area (Å²) >= 11 is 1.58. The predicted octanol–water partition coefficient (Wildman–Crippen LogP) is 3.14. The quantitative estimate of drug-likeness (QED) is 0.908. The summed E-state index contributed by atoms with van der Waals surface area (Å²) in [6.07, 6.45) is 5.12. The van der Waals surface area contributed by atoms with Crippen molar-refractivity contribution in [3.8, 4) is 0 Å². The third-order valence-electron chi connectivity index (χ3n) is 4.25. The van der Waals surface area contributed by atoms with Gasteiger partial charge in [-0.1, -0.05) is 12.8 Å². The lowest BCUT2D eigenvalue weighted by molar-refractivity contribution is -0.150. The van der Waals surface area contributed by atoms with Gasteiger partial charge in [0.1, 0.15) is 12.1 Å². The molecule has 20 heavy (non-hydrogen) atoms. The number of carbonyl (C=O) groups is 1. The van der Waals surface area contributed by atoms with Gasteiger partial charge in [-0.25, -0.2) is 9.97 Å². The Balaban J connectivity index is 1.93. The third kappa shape index (κ3) is 2.14. The van der Waals surface area contributed by atoms with E-state index in [0.29, 0.717) is 6.42 Å². The molecule has 0 bridgehead atoms. The lowest BCUT2D eigenvalue weighted by Gasteiger charge is -2.38. The number of anilines is 1. The van der Waals surface area contributed by atoms with Crippen molar-refractivity contribution >= 4 is 33.3 Å². The molecule has 2 unspecified atom stereocenters. The van der Waals surface area contributed by atoms with Crippen molar-refractivity contribution in [1.82, 2.24) is 9.97 Å². The van der Waals surface area contributed by atoms with E-state index in [-0.39, 0.29) is 6.04 Å². The Labute approximate surface area is 121 Å². The second-order valence-electron chi connectivity index (χ2n) is 5.52. The number of rotatable bonds is 3. The molecular formula is C14H17N3O2S. The van der Waals surface area contributed by atoms with Crippen LogP contribution in [0, 0.1) is 5.41 Å². The normalized spacial score (nSPS) is 26.6. The highest BCUT2D eigenvalue weighted by molar-refractivity contribution is 7.17. The highest BCUT2D eigenvalue weighted by Crippen LogP contribution is 2.39. The number of aromatic nitrogens is 2. The third-order valence-corrected chi connectivity index (χ3v) is 5.16. The molecule has 1 saturated carbocycles. The van der Waals surface area contributed by atoms with Crippen LogP contribution in [0.2, 0.25) is 0 Å². The number of nitrogens with one attached hydrogen (secondary N) is 1. The van der Waals surface area contributed by atoms with Crippen LogP contribution < -0.4 is 5.32 Å². The topological polar surface area (TPSA) is 75.1 Å². The number of thiophene rings is 1. The fourth-order valence-corrected chi connectivity index (χ4v) is 3.68. The van der Waals surface area contributed by atoms with Crippen molar-refractivity contribution < 1.29 is 9.90 Å². The van der Waals surface area contributed by atoms with E-state index in [0.717, 1.165) is 35.3 Å². The Kier molecular flexibility index (Phi) is 3.33. The van der Waals surface area contributed by atoms with Crippen LogP contribution in [0.5, 0.6) is 0 Å². The Morgan fingerprint density at radius 3 is 3.15 bits per heavy atom. The molecule has 1 aliphatic rings. The number of aliphatic carboxylic acids is 1. The van der Waals surface area contributed by atoms with Crippen molar-refractivity contribution in [2.75, 3.05) is 5.32 Å². The molecule has 2 N–H and O–H groups in total. The first-order chi connectivity index (χ1) is 9.61. The van der Waals surface area contributed by atoms with E-state index in [4.69, 9.17) is 0 Å². The van der Waals surface area contributed by atoms with Crippen LogP contribution in [-0.4, -0.2) is 27.1 Å². The summed E-state index contributed by atoms with van der Waals surface area (Å²) in [5, 5.41) is 14.9. The lowest BCUT2D eigenvalue weighted by atomic mass is 9.71. The van der Waals surface area contributed by atoms with Crippen LogP contribution in [0.15, 0.2) is 17.8 Å². The van der Waals surface area contributed by atoms with E-state index in [1.807, 2.05) is 18.4 Å². The summed E-state index contributed by atoms with van der Waals surface area (Å²) in [5.74, 6) is 0.0237. The summed E-state index contributed by atoms with van der Waals surface area (Å²) in [5.41, 5.74) is 0.174. The fraction of sp³-hybridized carbons (Fsp3) is 0.500. The highest BCUT2D eigenvalue weighted by atomic mass is 32.1. The molecule has 2 heterocycles. The molecule has 6 heteroatoms. The van der Waals surface area contributed by atoms with Gasteiger partial charge in [0.05, 0.1) is 15.6 Å². The van der Waals surface area contributed by atoms with Gasteiger partial charge in [0.25, 0.3) is 0 Å². The highest BCUT2D eigenvalue weighted by Gasteiger charge is 2.43. The smallest absolute Gasteiger partial charge is 0.311 e. The molecule has 5 nitrogen and oxygen atoms in total. The second-order valence-corrected chi connectivity index (χ2v) is 6.44. The monoisotopic (exact) mass is 291 g/mol. The van der Waals surface area contributed by atoms with E-state index in [1.54, 1.807) is 11.3 Å². The van der Waals surface area contributed by atoms with Gasteiger partial charge in [-0.15, -0.1) is 11.3 Å². The molecule has 3 rings (SSSR count). The summed E-state index contributed by atoms with van der Waals surface area (Å²) in [7, 11) is 0. The van der Waals surface area contributed by atoms with Crippen LogP contribution >= 0.6 is 11.3 Å². The zero-order chi connectivity index (χ0) is 14.2. The Morgan fingerprint density at radius 2 is 2.35 bits per heavy atom. The molecule has 2 aromatic rings. The maximum Gasteiger partial charge on any atom is 0.311 e. The predicted molar refractivity (Wildman–Crippen MR) is 79.0 cm³/mol. The van der Waals surface area contributed by atoms with Gasteiger partial charge in [0.15, 0.2) is 0 Å². The van der Waals surface area contributed by atoms with Gasteiger partial charge < -0.3 is 10.4 Å². The number of fused-ring (bicyclic) bond motifs is 1. The van der Waals surface area contributed by atoms with Gasteiger partial charge in [0.2, 0.25) is 0 Å². The Hall–Kier alpha value is -1.69. The lowest BCUT2D eigenvalue weighted by Crippen LogP contribution is -2.46. The average molecular weight is 291 g/mol. The Bertz CT molecular complexity index is 642. The van der Waals surface area contributed by atoms with Crippen LogP contribution in [0.3, 0.4) is 0 Å². The molecule has 1 fully saturated rings. The van der Waals surface area contributed by atoms with Gasteiger partial charge in [0, 0.05) is 6.04 Å². The van der Waals surface area contributed by atoms with Gasteiger partial charge in [-0.3, -0.25) is 4.79 Å². The zero-order valence-electron chi connectivity index (χ0n) is 11.3. The van der Waals surface area contributed by atoms with E-state index in [2.05, 4.69) is 15.3 Å². The summed E-state index contributed by atoms with van der Waals surface area (Å²) in [6.45, 7) is 1.83. The van der Waals surface area contributed by atoms with E-state index >= 15 is 0 Å². The maximum atomic E-state index is 11.6. The first-order valence-electron chi connectivity index (χ1n) is 6.79. The number of carboxylic acids is 1. The molecule has 2 aromatic heterocycles. The Morgan fingerprint density at radius 1 is 1.50 bits per heavy atom. The molecule has 0 radical (unpaired) electrons. The molecule has 0 amide bonds.